The molecule has 0 amide bonds. The second kappa shape index (κ2) is 4.23. The molecule has 19 heavy (non-hydrogen) atoms. The van der Waals surface area contributed by atoms with Gasteiger partial charge in [0.05, 0.1) is 12.6 Å². The summed E-state index contributed by atoms with van der Waals surface area (Å²) in [5.41, 5.74) is 0.842. The van der Waals surface area contributed by atoms with Crippen molar-refractivity contribution in [3.05, 3.63) is 30.2 Å². The third kappa shape index (κ3) is 1.91. The van der Waals surface area contributed by atoms with Crippen LogP contribution in [0.3, 0.4) is 0 Å². The highest BCUT2D eigenvalue weighted by Gasteiger charge is 2.45. The number of aromatic nitrogens is 1. The van der Waals surface area contributed by atoms with E-state index >= 15 is 0 Å². The lowest BCUT2D eigenvalue weighted by Crippen LogP contribution is -2.34. The normalized spacial score (nSPS) is 17.1. The Bertz CT molecular complexity index is 614. The topological polar surface area (TPSA) is 17.4 Å². The Hall–Kier alpha value is -1.55. The number of hydrogen-bond acceptors (Lipinski definition) is 2. The third-order valence-corrected chi connectivity index (χ3v) is 4.29. The molecule has 1 saturated carbocycles. The first kappa shape index (κ1) is 12.5. The summed E-state index contributed by atoms with van der Waals surface area (Å²) in [6.07, 6.45) is 4.31. The molecule has 0 radical (unpaired) electrons. The van der Waals surface area contributed by atoms with Gasteiger partial charge in [0, 0.05) is 23.7 Å². The number of benzene rings is 1. The van der Waals surface area contributed by atoms with Gasteiger partial charge in [-0.25, -0.2) is 4.39 Å². The van der Waals surface area contributed by atoms with Crippen LogP contribution >= 0.6 is 0 Å². The molecule has 3 nitrogen and oxygen atoms in total. The van der Waals surface area contributed by atoms with E-state index in [4.69, 9.17) is 4.74 Å². The maximum absolute atomic E-state index is 14.4. The van der Waals surface area contributed by atoms with Gasteiger partial charge >= 0.3 is 0 Å². The molecule has 0 aliphatic heterocycles. The Labute approximate surface area is 112 Å². The summed E-state index contributed by atoms with van der Waals surface area (Å²) in [6, 6.07) is 5.55. The van der Waals surface area contributed by atoms with Crippen molar-refractivity contribution in [2.24, 2.45) is 0 Å². The van der Waals surface area contributed by atoms with E-state index in [9.17, 15) is 4.39 Å². The van der Waals surface area contributed by atoms with E-state index in [0.717, 1.165) is 11.9 Å². The number of rotatable bonds is 4. The van der Waals surface area contributed by atoms with Crippen molar-refractivity contribution in [3.63, 3.8) is 0 Å². The molecule has 0 N–H and O–H groups in total. The molecule has 0 saturated heterocycles. The van der Waals surface area contributed by atoms with E-state index in [0.29, 0.717) is 11.3 Å². The third-order valence-electron chi connectivity index (χ3n) is 4.29. The molecule has 1 aromatic heterocycles. The highest BCUT2D eigenvalue weighted by Crippen LogP contribution is 2.42. The molecule has 2 aromatic rings. The van der Waals surface area contributed by atoms with Gasteiger partial charge < -0.3 is 14.2 Å². The smallest absolute Gasteiger partial charge is 0.189 e. The zero-order chi connectivity index (χ0) is 13.6. The lowest BCUT2D eigenvalue weighted by molar-refractivity contribution is 0.243. The maximum Gasteiger partial charge on any atom is 0.189 e. The van der Waals surface area contributed by atoms with E-state index in [1.807, 2.05) is 22.9 Å². The van der Waals surface area contributed by atoms with Gasteiger partial charge in [-0.15, -0.1) is 0 Å². The first-order chi connectivity index (χ1) is 9.07. The Morgan fingerprint density at radius 3 is 2.63 bits per heavy atom. The number of nitrogens with zero attached hydrogens (tertiary/aromatic N) is 2. The minimum Gasteiger partial charge on any atom is -0.494 e. The van der Waals surface area contributed by atoms with Crippen LogP contribution in [0.1, 0.15) is 12.8 Å². The maximum atomic E-state index is 14.4. The summed E-state index contributed by atoms with van der Waals surface area (Å²) in [4.78, 5) is 2.25. The number of fused-ring (bicyclic) bond motifs is 1. The second-order valence-electron chi connectivity index (χ2n) is 5.58. The SMILES string of the molecule is COc1ccc2ccn(CC3(N(C)C)CC3)c2c1F. The molecule has 1 aliphatic carbocycles. The molecule has 0 unspecified atom stereocenters. The van der Waals surface area contributed by atoms with Gasteiger partial charge in [-0.2, -0.15) is 0 Å². The van der Waals surface area contributed by atoms with Crippen LogP contribution in [0.2, 0.25) is 0 Å². The van der Waals surface area contributed by atoms with Gasteiger partial charge in [0.25, 0.3) is 0 Å². The largest absolute Gasteiger partial charge is 0.494 e. The summed E-state index contributed by atoms with van der Waals surface area (Å²) in [5, 5.41) is 0.924. The molecule has 1 fully saturated rings. The molecule has 1 heterocycles. The van der Waals surface area contributed by atoms with Crippen LogP contribution in [0, 0.1) is 5.82 Å². The van der Waals surface area contributed by atoms with E-state index in [-0.39, 0.29) is 11.4 Å². The Morgan fingerprint density at radius 2 is 2.05 bits per heavy atom. The zero-order valence-electron chi connectivity index (χ0n) is 11.6. The monoisotopic (exact) mass is 262 g/mol. The Morgan fingerprint density at radius 1 is 1.32 bits per heavy atom. The predicted molar refractivity (Wildman–Crippen MR) is 74.1 cm³/mol. The number of ether oxygens (including phenoxy) is 1. The predicted octanol–water partition coefficient (Wildman–Crippen LogP) is 2.88. The average molecular weight is 262 g/mol. The zero-order valence-corrected chi connectivity index (χ0v) is 11.6. The van der Waals surface area contributed by atoms with Gasteiger partial charge in [0.1, 0.15) is 0 Å². The minimum absolute atomic E-state index is 0.196. The van der Waals surface area contributed by atoms with Gasteiger partial charge in [-0.1, -0.05) is 0 Å². The molecular weight excluding hydrogens is 243 g/mol. The van der Waals surface area contributed by atoms with Gasteiger partial charge in [0.2, 0.25) is 0 Å². The average Bonchev–Trinajstić information content (AvgIpc) is 3.05. The lowest BCUT2D eigenvalue weighted by Gasteiger charge is -2.24. The quantitative estimate of drug-likeness (QED) is 0.843. The summed E-state index contributed by atoms with van der Waals surface area (Å²) < 4.78 is 21.5. The molecule has 1 aliphatic rings. The molecule has 102 valence electrons. The van der Waals surface area contributed by atoms with Crippen LogP contribution < -0.4 is 4.74 Å². The Balaban J connectivity index is 2.05. The van der Waals surface area contributed by atoms with Crippen LogP contribution in [0.4, 0.5) is 4.39 Å². The lowest BCUT2D eigenvalue weighted by atomic mass is 10.2. The molecule has 0 bridgehead atoms. The highest BCUT2D eigenvalue weighted by atomic mass is 19.1. The van der Waals surface area contributed by atoms with Crippen LogP contribution in [-0.2, 0) is 6.54 Å². The first-order valence-electron chi connectivity index (χ1n) is 6.56. The van der Waals surface area contributed by atoms with E-state index in [1.54, 1.807) is 6.07 Å². The fourth-order valence-corrected chi connectivity index (χ4v) is 2.73. The van der Waals surface area contributed by atoms with Gasteiger partial charge in [0.15, 0.2) is 11.6 Å². The van der Waals surface area contributed by atoms with Crippen LogP contribution in [-0.4, -0.2) is 36.2 Å². The van der Waals surface area contributed by atoms with E-state index in [2.05, 4.69) is 19.0 Å². The summed E-state index contributed by atoms with van der Waals surface area (Å²) >= 11 is 0. The number of likely N-dealkylation sites (N-methyl/N-ethyl adjacent to an activating group) is 1. The fourth-order valence-electron chi connectivity index (χ4n) is 2.73. The van der Waals surface area contributed by atoms with Gasteiger partial charge in [-0.05, 0) is 45.1 Å². The van der Waals surface area contributed by atoms with Crippen molar-refractivity contribution in [2.45, 2.75) is 24.9 Å². The standard InChI is InChI=1S/C15H19FN2O/c1-17(2)15(7-8-15)10-18-9-6-11-4-5-12(19-3)13(16)14(11)18/h4-6,9H,7-8,10H2,1-3H3. The van der Waals surface area contributed by atoms with Crippen LogP contribution in [0.25, 0.3) is 10.9 Å². The first-order valence-corrected chi connectivity index (χ1v) is 6.56. The van der Waals surface area contributed by atoms with E-state index in [1.165, 1.54) is 20.0 Å². The Kier molecular flexibility index (Phi) is 2.78. The number of halogens is 1. The van der Waals surface area contributed by atoms with Crippen molar-refractivity contribution >= 4 is 10.9 Å². The second-order valence-corrected chi connectivity index (χ2v) is 5.58. The molecule has 4 heteroatoms. The molecule has 3 rings (SSSR count). The van der Waals surface area contributed by atoms with Crippen molar-refractivity contribution in [3.8, 4) is 5.75 Å². The van der Waals surface area contributed by atoms with Crippen molar-refractivity contribution in [1.29, 1.82) is 0 Å². The molecular formula is C15H19FN2O. The summed E-state index contributed by atoms with van der Waals surface area (Å²) in [6.45, 7) is 0.827. The van der Waals surface area contributed by atoms with Crippen molar-refractivity contribution in [1.82, 2.24) is 9.47 Å². The number of hydrogen-bond donors (Lipinski definition) is 0. The minimum atomic E-state index is -0.264. The molecule has 1 aromatic carbocycles. The van der Waals surface area contributed by atoms with Crippen LogP contribution in [0.5, 0.6) is 5.75 Å². The highest BCUT2D eigenvalue weighted by molar-refractivity contribution is 5.82. The van der Waals surface area contributed by atoms with Crippen molar-refractivity contribution < 1.29 is 9.13 Å². The van der Waals surface area contributed by atoms with E-state index < -0.39 is 0 Å². The molecule has 0 spiro atoms. The van der Waals surface area contributed by atoms with Gasteiger partial charge in [-0.3, -0.25) is 0 Å². The molecule has 0 atom stereocenters. The summed E-state index contributed by atoms with van der Waals surface area (Å²) in [7, 11) is 5.69. The van der Waals surface area contributed by atoms with Crippen molar-refractivity contribution in [2.75, 3.05) is 21.2 Å². The fraction of sp³-hybridized carbons (Fsp3) is 0.467. The van der Waals surface area contributed by atoms with Crippen LogP contribution in [0.15, 0.2) is 24.4 Å². The summed E-state index contributed by atoms with van der Waals surface area (Å²) in [5.74, 6) is 0.0432. The number of methoxy groups -OCH3 is 1.